The highest BCUT2D eigenvalue weighted by molar-refractivity contribution is 7.89. The Morgan fingerprint density at radius 2 is 1.05 bits per heavy atom. The molecule has 0 spiro atoms. The number of benzene rings is 2. The van der Waals surface area contributed by atoms with Crippen LogP contribution >= 0.6 is 0 Å². The van der Waals surface area contributed by atoms with Crippen LogP contribution in [0, 0.1) is 0 Å². The van der Waals surface area contributed by atoms with E-state index in [-0.39, 0.29) is 34.5 Å². The molecule has 0 atom stereocenters. The molecule has 0 saturated heterocycles. The molecule has 2 aromatic carbocycles. The van der Waals surface area contributed by atoms with Crippen LogP contribution in [0.1, 0.15) is 11.1 Å². The molecule has 0 aromatic heterocycles. The number of hydrogen-bond acceptors (Lipinski definition) is 6. The number of hydrogen-bond donors (Lipinski definition) is 4. The lowest BCUT2D eigenvalue weighted by atomic mass is 10.2. The number of phenolic OH excluding ortho intramolecular Hbond substituents is 4. The van der Waals surface area contributed by atoms with Crippen molar-refractivity contribution in [2.45, 2.75) is 11.5 Å². The summed E-state index contributed by atoms with van der Waals surface area (Å²) in [4.78, 5) is 0. The second kappa shape index (κ2) is 5.53. The molecular formula is C14H14O6S. The highest BCUT2D eigenvalue weighted by Crippen LogP contribution is 2.28. The quantitative estimate of drug-likeness (QED) is 0.638. The van der Waals surface area contributed by atoms with Crippen LogP contribution in [-0.2, 0) is 21.3 Å². The third kappa shape index (κ3) is 3.79. The maximum Gasteiger partial charge on any atom is 0.158 e. The second-order valence-corrected chi connectivity index (χ2v) is 6.74. The van der Waals surface area contributed by atoms with Crippen molar-refractivity contribution >= 4 is 9.84 Å². The lowest BCUT2D eigenvalue weighted by molar-refractivity contribution is 0.403. The van der Waals surface area contributed by atoms with Crippen molar-refractivity contribution in [1.82, 2.24) is 0 Å². The van der Waals surface area contributed by atoms with E-state index < -0.39 is 9.84 Å². The Hall–Kier alpha value is -2.41. The van der Waals surface area contributed by atoms with Crippen LogP contribution in [-0.4, -0.2) is 28.8 Å². The van der Waals surface area contributed by atoms with Crippen LogP contribution in [0.4, 0.5) is 0 Å². The highest BCUT2D eigenvalue weighted by atomic mass is 32.2. The van der Waals surface area contributed by atoms with E-state index in [0.29, 0.717) is 11.1 Å². The Morgan fingerprint density at radius 3 is 1.38 bits per heavy atom. The Balaban J connectivity index is 2.18. The molecule has 0 saturated carbocycles. The third-order valence-corrected chi connectivity index (χ3v) is 4.40. The fraction of sp³-hybridized carbons (Fsp3) is 0.143. The van der Waals surface area contributed by atoms with Crippen molar-refractivity contribution in [2.24, 2.45) is 0 Å². The minimum absolute atomic E-state index is 0.317. The average Bonchev–Trinajstić information content (AvgIpc) is 2.37. The molecule has 2 rings (SSSR count). The number of sulfone groups is 1. The van der Waals surface area contributed by atoms with E-state index in [0.717, 1.165) is 0 Å². The van der Waals surface area contributed by atoms with Gasteiger partial charge in [0.15, 0.2) is 32.8 Å². The van der Waals surface area contributed by atoms with Gasteiger partial charge in [0.05, 0.1) is 11.5 Å². The summed E-state index contributed by atoms with van der Waals surface area (Å²) >= 11 is 0. The van der Waals surface area contributed by atoms with Crippen molar-refractivity contribution in [3.05, 3.63) is 47.5 Å². The zero-order chi connectivity index (χ0) is 15.6. The predicted molar refractivity (Wildman–Crippen MR) is 75.9 cm³/mol. The van der Waals surface area contributed by atoms with Crippen molar-refractivity contribution in [2.75, 3.05) is 0 Å². The van der Waals surface area contributed by atoms with Gasteiger partial charge < -0.3 is 20.4 Å². The SMILES string of the molecule is O=S(=O)(Cc1ccc(O)c(O)c1)Cc1ccc(O)c(O)c1. The minimum Gasteiger partial charge on any atom is -0.504 e. The molecule has 2 aromatic rings. The first-order valence-corrected chi connectivity index (χ1v) is 7.81. The summed E-state index contributed by atoms with van der Waals surface area (Å²) in [5, 5.41) is 37.1. The van der Waals surface area contributed by atoms with Gasteiger partial charge in [-0.25, -0.2) is 8.42 Å². The Kier molecular flexibility index (Phi) is 3.95. The topological polar surface area (TPSA) is 115 Å². The first kappa shape index (κ1) is 15.0. The van der Waals surface area contributed by atoms with Gasteiger partial charge in [-0.1, -0.05) is 12.1 Å². The Labute approximate surface area is 121 Å². The maximum absolute atomic E-state index is 12.1. The van der Waals surface area contributed by atoms with Crippen LogP contribution in [0.15, 0.2) is 36.4 Å². The Morgan fingerprint density at radius 1 is 0.667 bits per heavy atom. The van der Waals surface area contributed by atoms with E-state index >= 15 is 0 Å². The lowest BCUT2D eigenvalue weighted by Crippen LogP contribution is -2.07. The average molecular weight is 310 g/mol. The van der Waals surface area contributed by atoms with E-state index in [1.165, 1.54) is 36.4 Å². The summed E-state index contributed by atoms with van der Waals surface area (Å²) in [5.41, 5.74) is 0.682. The summed E-state index contributed by atoms with van der Waals surface area (Å²) < 4.78 is 24.1. The lowest BCUT2D eigenvalue weighted by Gasteiger charge is -2.07. The number of aromatic hydroxyl groups is 4. The molecule has 0 unspecified atom stereocenters. The van der Waals surface area contributed by atoms with Gasteiger partial charge in [0, 0.05) is 0 Å². The van der Waals surface area contributed by atoms with Gasteiger partial charge in [-0.2, -0.15) is 0 Å². The molecule has 4 N–H and O–H groups in total. The zero-order valence-electron chi connectivity index (χ0n) is 10.9. The van der Waals surface area contributed by atoms with Gasteiger partial charge >= 0.3 is 0 Å². The molecule has 0 aliphatic heterocycles. The van der Waals surface area contributed by atoms with Crippen LogP contribution < -0.4 is 0 Å². The van der Waals surface area contributed by atoms with Crippen molar-refractivity contribution in [3.63, 3.8) is 0 Å². The molecule has 0 amide bonds. The summed E-state index contributed by atoms with van der Waals surface area (Å²) in [6, 6.07) is 7.60. The molecule has 0 aliphatic rings. The molecule has 0 heterocycles. The normalized spacial score (nSPS) is 11.4. The van der Waals surface area contributed by atoms with E-state index in [1.54, 1.807) is 0 Å². The van der Waals surface area contributed by atoms with Crippen LogP contribution in [0.25, 0.3) is 0 Å². The maximum atomic E-state index is 12.1. The van der Waals surface area contributed by atoms with Gasteiger partial charge in [0.25, 0.3) is 0 Å². The van der Waals surface area contributed by atoms with Gasteiger partial charge in [0.2, 0.25) is 0 Å². The van der Waals surface area contributed by atoms with E-state index in [1.807, 2.05) is 0 Å². The van der Waals surface area contributed by atoms with E-state index in [2.05, 4.69) is 0 Å². The zero-order valence-corrected chi connectivity index (χ0v) is 11.7. The molecule has 112 valence electrons. The van der Waals surface area contributed by atoms with Crippen molar-refractivity contribution in [3.8, 4) is 23.0 Å². The molecule has 0 aliphatic carbocycles. The Bertz CT molecular complexity index is 708. The van der Waals surface area contributed by atoms with Gasteiger partial charge in [-0.3, -0.25) is 0 Å². The molecule has 0 radical (unpaired) electrons. The first-order chi connectivity index (χ1) is 9.77. The summed E-state index contributed by atoms with van der Waals surface area (Å²) in [6.07, 6.45) is 0. The smallest absolute Gasteiger partial charge is 0.158 e. The van der Waals surface area contributed by atoms with Gasteiger partial charge in [-0.15, -0.1) is 0 Å². The van der Waals surface area contributed by atoms with Gasteiger partial charge in [-0.05, 0) is 35.4 Å². The van der Waals surface area contributed by atoms with Crippen LogP contribution in [0.2, 0.25) is 0 Å². The fourth-order valence-corrected chi connectivity index (χ4v) is 3.35. The fourth-order valence-electron chi connectivity index (χ4n) is 1.88. The molecule has 0 fully saturated rings. The molecule has 21 heavy (non-hydrogen) atoms. The largest absolute Gasteiger partial charge is 0.504 e. The first-order valence-electron chi connectivity index (χ1n) is 5.99. The standard InChI is InChI=1S/C14H14O6S/c15-11-3-1-9(5-13(11)17)7-21(19,20)8-10-2-4-12(16)14(18)6-10/h1-6,15-18H,7-8H2. The van der Waals surface area contributed by atoms with Gasteiger partial charge in [0.1, 0.15) is 0 Å². The van der Waals surface area contributed by atoms with E-state index in [9.17, 15) is 28.8 Å². The molecule has 7 heteroatoms. The van der Waals surface area contributed by atoms with Crippen molar-refractivity contribution < 1.29 is 28.8 Å². The van der Waals surface area contributed by atoms with Crippen LogP contribution in [0.5, 0.6) is 23.0 Å². The monoisotopic (exact) mass is 310 g/mol. The minimum atomic E-state index is -3.53. The van der Waals surface area contributed by atoms with Crippen molar-refractivity contribution in [1.29, 1.82) is 0 Å². The second-order valence-electron chi connectivity index (χ2n) is 4.68. The molecule has 0 bridgehead atoms. The molecule has 6 nitrogen and oxygen atoms in total. The predicted octanol–water partition coefficient (Wildman–Crippen LogP) is 1.62. The number of phenols is 4. The summed E-state index contributed by atoms with van der Waals surface area (Å²) in [6.45, 7) is 0. The molecular weight excluding hydrogens is 296 g/mol. The summed E-state index contributed by atoms with van der Waals surface area (Å²) in [5.74, 6) is -2.04. The third-order valence-electron chi connectivity index (χ3n) is 2.85. The van der Waals surface area contributed by atoms with E-state index in [4.69, 9.17) is 0 Å². The summed E-state index contributed by atoms with van der Waals surface area (Å²) in [7, 11) is -3.53. The van der Waals surface area contributed by atoms with Crippen LogP contribution in [0.3, 0.4) is 0 Å². The highest BCUT2D eigenvalue weighted by Gasteiger charge is 2.15. The number of rotatable bonds is 4.